The molecule has 0 aliphatic heterocycles. The van der Waals surface area contributed by atoms with E-state index in [0.29, 0.717) is 5.41 Å². The molecule has 2 atom stereocenters. The van der Waals surface area contributed by atoms with E-state index in [4.69, 9.17) is 0 Å². The summed E-state index contributed by atoms with van der Waals surface area (Å²) in [5, 5.41) is 0. The van der Waals surface area contributed by atoms with Crippen molar-refractivity contribution in [3.05, 3.63) is 0 Å². The standard InChI is InChI=1S/C16H34/c1-9-11-14(7)15(10-2)16(8,12(3)4)13(5)6/h12-15H,9-11H2,1-8H3. The van der Waals surface area contributed by atoms with Crippen molar-refractivity contribution in [3.63, 3.8) is 0 Å². The van der Waals surface area contributed by atoms with Crippen LogP contribution < -0.4 is 0 Å². The summed E-state index contributed by atoms with van der Waals surface area (Å²) in [5.41, 5.74) is 0.489. The van der Waals surface area contributed by atoms with E-state index < -0.39 is 0 Å². The van der Waals surface area contributed by atoms with Crippen molar-refractivity contribution in [1.29, 1.82) is 0 Å². The Bertz CT molecular complexity index is 170. The zero-order valence-electron chi connectivity index (χ0n) is 12.9. The summed E-state index contributed by atoms with van der Waals surface area (Å²) in [6.45, 7) is 19.3. The Morgan fingerprint density at radius 3 is 1.56 bits per heavy atom. The summed E-state index contributed by atoms with van der Waals surface area (Å²) in [6, 6.07) is 0. The predicted octanol–water partition coefficient (Wildman–Crippen LogP) is 5.77. The zero-order valence-corrected chi connectivity index (χ0v) is 12.9. The van der Waals surface area contributed by atoms with Gasteiger partial charge in [-0.1, -0.05) is 74.7 Å². The molecule has 0 aromatic rings. The Balaban J connectivity index is 4.99. The van der Waals surface area contributed by atoms with Crippen molar-refractivity contribution < 1.29 is 0 Å². The molecule has 0 radical (unpaired) electrons. The zero-order chi connectivity index (χ0) is 12.9. The molecule has 0 amide bonds. The van der Waals surface area contributed by atoms with Crippen LogP contribution >= 0.6 is 0 Å². The van der Waals surface area contributed by atoms with Gasteiger partial charge in [-0.25, -0.2) is 0 Å². The predicted molar refractivity (Wildman–Crippen MR) is 75.6 cm³/mol. The quantitative estimate of drug-likeness (QED) is 0.517. The molecule has 0 bridgehead atoms. The molecule has 0 saturated carbocycles. The maximum Gasteiger partial charge on any atom is -0.0249 e. The van der Waals surface area contributed by atoms with Gasteiger partial charge < -0.3 is 0 Å². The van der Waals surface area contributed by atoms with E-state index in [-0.39, 0.29) is 0 Å². The minimum atomic E-state index is 0.489. The Kier molecular flexibility index (Phi) is 6.67. The molecule has 0 heterocycles. The molecule has 0 spiro atoms. The first-order valence-corrected chi connectivity index (χ1v) is 7.32. The van der Waals surface area contributed by atoms with Crippen molar-refractivity contribution in [3.8, 4) is 0 Å². The summed E-state index contributed by atoms with van der Waals surface area (Å²) >= 11 is 0. The summed E-state index contributed by atoms with van der Waals surface area (Å²) in [6.07, 6.45) is 4.03. The molecular weight excluding hydrogens is 192 g/mol. The van der Waals surface area contributed by atoms with Gasteiger partial charge in [-0.15, -0.1) is 0 Å². The molecule has 0 aromatic carbocycles. The Morgan fingerprint density at radius 2 is 1.31 bits per heavy atom. The number of hydrogen-bond acceptors (Lipinski definition) is 0. The van der Waals surface area contributed by atoms with Crippen LogP contribution in [0.3, 0.4) is 0 Å². The van der Waals surface area contributed by atoms with Crippen LogP contribution in [0.5, 0.6) is 0 Å². The summed E-state index contributed by atoms with van der Waals surface area (Å²) in [5.74, 6) is 3.28. The lowest BCUT2D eigenvalue weighted by Gasteiger charge is -2.47. The van der Waals surface area contributed by atoms with Gasteiger partial charge in [0.2, 0.25) is 0 Å². The van der Waals surface area contributed by atoms with Crippen molar-refractivity contribution in [2.24, 2.45) is 29.1 Å². The molecule has 0 nitrogen and oxygen atoms in total. The molecule has 2 unspecified atom stereocenters. The van der Waals surface area contributed by atoms with Crippen molar-refractivity contribution >= 4 is 0 Å². The van der Waals surface area contributed by atoms with Crippen LogP contribution in [0.25, 0.3) is 0 Å². The van der Waals surface area contributed by atoms with E-state index in [9.17, 15) is 0 Å². The van der Waals surface area contributed by atoms with E-state index >= 15 is 0 Å². The summed E-state index contributed by atoms with van der Waals surface area (Å²) in [4.78, 5) is 0. The third kappa shape index (κ3) is 3.25. The molecule has 0 heteroatoms. The van der Waals surface area contributed by atoms with Gasteiger partial charge in [-0.3, -0.25) is 0 Å². The average molecular weight is 226 g/mol. The van der Waals surface area contributed by atoms with Crippen LogP contribution in [0, 0.1) is 29.1 Å². The van der Waals surface area contributed by atoms with E-state index in [0.717, 1.165) is 23.7 Å². The Morgan fingerprint density at radius 1 is 0.875 bits per heavy atom. The Hall–Kier alpha value is 0. The highest BCUT2D eigenvalue weighted by molar-refractivity contribution is 4.89. The molecule has 16 heavy (non-hydrogen) atoms. The third-order valence-electron chi connectivity index (χ3n) is 5.16. The summed E-state index contributed by atoms with van der Waals surface area (Å²) in [7, 11) is 0. The van der Waals surface area contributed by atoms with E-state index in [1.807, 2.05) is 0 Å². The van der Waals surface area contributed by atoms with Crippen molar-refractivity contribution in [2.45, 2.75) is 74.7 Å². The fourth-order valence-corrected chi connectivity index (χ4v) is 3.63. The van der Waals surface area contributed by atoms with Gasteiger partial charge in [0, 0.05) is 0 Å². The molecule has 98 valence electrons. The van der Waals surface area contributed by atoms with Gasteiger partial charge in [0.05, 0.1) is 0 Å². The molecule has 0 saturated heterocycles. The first-order chi connectivity index (χ1) is 7.32. The smallest absolute Gasteiger partial charge is 0.0249 e. The minimum absolute atomic E-state index is 0.489. The number of hydrogen-bond donors (Lipinski definition) is 0. The maximum atomic E-state index is 2.52. The molecule has 0 fully saturated rings. The largest absolute Gasteiger partial charge is 0.0654 e. The topological polar surface area (TPSA) is 0 Å². The second kappa shape index (κ2) is 6.67. The van der Waals surface area contributed by atoms with Crippen LogP contribution in [-0.4, -0.2) is 0 Å². The molecule has 0 rings (SSSR count). The maximum absolute atomic E-state index is 2.52. The van der Waals surface area contributed by atoms with Crippen LogP contribution in [0.2, 0.25) is 0 Å². The second-order valence-corrected chi connectivity index (χ2v) is 6.46. The third-order valence-corrected chi connectivity index (χ3v) is 5.16. The molecule has 0 aromatic heterocycles. The monoisotopic (exact) mass is 226 g/mol. The van der Waals surface area contributed by atoms with Crippen molar-refractivity contribution in [2.75, 3.05) is 0 Å². The fourth-order valence-electron chi connectivity index (χ4n) is 3.63. The second-order valence-electron chi connectivity index (χ2n) is 6.46. The average Bonchev–Trinajstić information content (AvgIpc) is 2.18. The summed E-state index contributed by atoms with van der Waals surface area (Å²) < 4.78 is 0. The lowest BCUT2D eigenvalue weighted by molar-refractivity contribution is 0.0152. The molecule has 0 aliphatic rings. The molecular formula is C16H34. The lowest BCUT2D eigenvalue weighted by Crippen LogP contribution is -2.40. The fraction of sp³-hybridized carbons (Fsp3) is 1.00. The van der Waals surface area contributed by atoms with Gasteiger partial charge in [0.25, 0.3) is 0 Å². The first-order valence-electron chi connectivity index (χ1n) is 7.32. The first kappa shape index (κ1) is 16.0. The minimum Gasteiger partial charge on any atom is -0.0654 e. The van der Waals surface area contributed by atoms with Crippen LogP contribution in [0.1, 0.15) is 74.7 Å². The number of rotatable bonds is 7. The van der Waals surface area contributed by atoms with Crippen LogP contribution in [0.4, 0.5) is 0 Å². The molecule has 0 aliphatic carbocycles. The van der Waals surface area contributed by atoms with Crippen LogP contribution in [0.15, 0.2) is 0 Å². The van der Waals surface area contributed by atoms with E-state index in [1.54, 1.807) is 0 Å². The molecule has 0 N–H and O–H groups in total. The van der Waals surface area contributed by atoms with E-state index in [2.05, 4.69) is 55.4 Å². The van der Waals surface area contributed by atoms with E-state index in [1.165, 1.54) is 19.3 Å². The van der Waals surface area contributed by atoms with Gasteiger partial charge in [0.15, 0.2) is 0 Å². The van der Waals surface area contributed by atoms with Crippen molar-refractivity contribution in [1.82, 2.24) is 0 Å². The highest BCUT2D eigenvalue weighted by atomic mass is 14.5. The Labute approximate surface area is 104 Å². The van der Waals surface area contributed by atoms with Crippen LogP contribution in [-0.2, 0) is 0 Å². The van der Waals surface area contributed by atoms with Gasteiger partial charge >= 0.3 is 0 Å². The highest BCUT2D eigenvalue weighted by Gasteiger charge is 2.40. The highest BCUT2D eigenvalue weighted by Crippen LogP contribution is 2.48. The lowest BCUT2D eigenvalue weighted by atomic mass is 9.58. The SMILES string of the molecule is CCCC(C)C(CC)C(C)(C(C)C)C(C)C. The van der Waals surface area contributed by atoms with Gasteiger partial charge in [-0.05, 0) is 29.1 Å². The van der Waals surface area contributed by atoms with Gasteiger partial charge in [-0.2, -0.15) is 0 Å². The normalized spacial score (nSPS) is 16.9. The van der Waals surface area contributed by atoms with Gasteiger partial charge in [0.1, 0.15) is 0 Å².